The van der Waals surface area contributed by atoms with Crippen LogP contribution in [0.15, 0.2) is 24.3 Å². The summed E-state index contributed by atoms with van der Waals surface area (Å²) in [5.74, 6) is 5.35. The lowest BCUT2D eigenvalue weighted by atomic mass is 10.1. The molecule has 0 fully saturated rings. The summed E-state index contributed by atoms with van der Waals surface area (Å²) in [6.45, 7) is 6.10. The minimum absolute atomic E-state index is 0.0279. The Hall–Kier alpha value is -1.83. The summed E-state index contributed by atoms with van der Waals surface area (Å²) in [5, 5.41) is 8.69. The number of hydrogen-bond donors (Lipinski definition) is 1. The lowest BCUT2D eigenvalue weighted by molar-refractivity contribution is 0.0669. The molecule has 0 aliphatic carbocycles. The van der Waals surface area contributed by atoms with Gasteiger partial charge in [0.1, 0.15) is 6.61 Å². The van der Waals surface area contributed by atoms with Gasteiger partial charge in [0, 0.05) is 30.8 Å². The molecule has 0 aliphatic rings. The van der Waals surface area contributed by atoms with Crippen molar-refractivity contribution in [2.45, 2.75) is 13.8 Å². The summed E-state index contributed by atoms with van der Waals surface area (Å²) in [4.78, 5) is 14.1. The van der Waals surface area contributed by atoms with E-state index >= 15 is 0 Å². The Bertz CT molecular complexity index is 488. The first kappa shape index (κ1) is 16.2. The molecule has 1 N–H and O–H groups in total. The second kappa shape index (κ2) is 9.13. The molecule has 0 atom stereocenters. The van der Waals surface area contributed by atoms with E-state index in [4.69, 9.17) is 9.84 Å². The molecule has 0 aromatic heterocycles. The molecule has 20 heavy (non-hydrogen) atoms. The van der Waals surface area contributed by atoms with Crippen molar-refractivity contribution >= 4 is 5.91 Å². The number of carbonyl (C=O) groups is 1. The SMILES string of the molecule is CCOCCN(CC)C(=O)c1cccc(C#CCO)c1. The molecule has 0 heterocycles. The minimum Gasteiger partial charge on any atom is -0.384 e. The largest absolute Gasteiger partial charge is 0.384 e. The van der Waals surface area contributed by atoms with Crippen LogP contribution in [0.5, 0.6) is 0 Å². The molecule has 0 bridgehead atoms. The van der Waals surface area contributed by atoms with Crippen molar-refractivity contribution in [1.29, 1.82) is 0 Å². The fourth-order valence-corrected chi connectivity index (χ4v) is 1.78. The van der Waals surface area contributed by atoms with Crippen LogP contribution in [0.2, 0.25) is 0 Å². The number of ether oxygens (including phenoxy) is 1. The van der Waals surface area contributed by atoms with Crippen molar-refractivity contribution in [3.05, 3.63) is 35.4 Å². The highest BCUT2D eigenvalue weighted by Crippen LogP contribution is 2.08. The summed E-state index contributed by atoms with van der Waals surface area (Å²) in [7, 11) is 0. The van der Waals surface area contributed by atoms with E-state index in [0.717, 1.165) is 5.56 Å². The van der Waals surface area contributed by atoms with E-state index in [2.05, 4.69) is 11.8 Å². The average molecular weight is 275 g/mol. The Labute approximate surface area is 120 Å². The van der Waals surface area contributed by atoms with E-state index < -0.39 is 0 Å². The van der Waals surface area contributed by atoms with Gasteiger partial charge in [-0.2, -0.15) is 0 Å². The van der Waals surface area contributed by atoms with Gasteiger partial charge in [-0.05, 0) is 32.0 Å². The molecule has 4 nitrogen and oxygen atoms in total. The predicted molar refractivity (Wildman–Crippen MR) is 78.5 cm³/mol. The second-order valence-corrected chi connectivity index (χ2v) is 4.12. The first-order chi connectivity index (χ1) is 9.72. The topological polar surface area (TPSA) is 49.8 Å². The highest BCUT2D eigenvalue weighted by molar-refractivity contribution is 5.94. The van der Waals surface area contributed by atoms with Gasteiger partial charge in [-0.3, -0.25) is 4.79 Å². The number of rotatable bonds is 6. The third-order valence-corrected chi connectivity index (χ3v) is 2.80. The van der Waals surface area contributed by atoms with Gasteiger partial charge < -0.3 is 14.7 Å². The van der Waals surface area contributed by atoms with Crippen molar-refractivity contribution in [2.24, 2.45) is 0 Å². The maximum Gasteiger partial charge on any atom is 0.253 e. The Morgan fingerprint density at radius 1 is 1.40 bits per heavy atom. The van der Waals surface area contributed by atoms with E-state index in [-0.39, 0.29) is 12.5 Å². The highest BCUT2D eigenvalue weighted by Gasteiger charge is 2.13. The van der Waals surface area contributed by atoms with Gasteiger partial charge in [-0.25, -0.2) is 0 Å². The standard InChI is InChI=1S/C16H21NO3/c1-3-17(10-12-20-4-2)16(19)15-9-5-7-14(13-15)8-6-11-18/h5,7,9,13,18H,3-4,10-12H2,1-2H3. The van der Waals surface area contributed by atoms with Crippen molar-refractivity contribution in [1.82, 2.24) is 4.90 Å². The molecule has 1 amide bonds. The Balaban J connectivity index is 2.78. The van der Waals surface area contributed by atoms with E-state index in [1.165, 1.54) is 0 Å². The van der Waals surface area contributed by atoms with Crippen LogP contribution in [-0.4, -0.2) is 48.8 Å². The number of aliphatic hydroxyl groups is 1. The number of carbonyl (C=O) groups excluding carboxylic acids is 1. The number of nitrogens with zero attached hydrogens (tertiary/aromatic N) is 1. The van der Waals surface area contributed by atoms with Crippen LogP contribution in [0.25, 0.3) is 0 Å². The molecule has 0 radical (unpaired) electrons. The third kappa shape index (κ3) is 5.04. The fraction of sp³-hybridized carbons (Fsp3) is 0.438. The smallest absolute Gasteiger partial charge is 0.253 e. The monoisotopic (exact) mass is 275 g/mol. The molecule has 0 saturated heterocycles. The number of aliphatic hydroxyl groups excluding tert-OH is 1. The second-order valence-electron chi connectivity index (χ2n) is 4.12. The number of benzene rings is 1. The normalized spacial score (nSPS) is 9.75. The molecule has 4 heteroatoms. The number of hydrogen-bond acceptors (Lipinski definition) is 3. The van der Waals surface area contributed by atoms with Gasteiger partial charge in [0.15, 0.2) is 0 Å². The van der Waals surface area contributed by atoms with Crippen molar-refractivity contribution < 1.29 is 14.6 Å². The first-order valence-corrected chi connectivity index (χ1v) is 6.79. The summed E-state index contributed by atoms with van der Waals surface area (Å²) < 4.78 is 5.28. The first-order valence-electron chi connectivity index (χ1n) is 6.79. The van der Waals surface area contributed by atoms with Crippen LogP contribution in [0.1, 0.15) is 29.8 Å². The number of amides is 1. The van der Waals surface area contributed by atoms with Crippen LogP contribution in [-0.2, 0) is 4.74 Å². The van der Waals surface area contributed by atoms with Gasteiger partial charge in [-0.15, -0.1) is 0 Å². The van der Waals surface area contributed by atoms with E-state index in [1.807, 2.05) is 19.9 Å². The predicted octanol–water partition coefficient (Wildman–Crippen LogP) is 1.53. The zero-order valence-electron chi connectivity index (χ0n) is 12.1. The van der Waals surface area contributed by atoms with Gasteiger partial charge in [0.25, 0.3) is 5.91 Å². The average Bonchev–Trinajstić information content (AvgIpc) is 2.49. The zero-order valence-corrected chi connectivity index (χ0v) is 12.1. The lowest BCUT2D eigenvalue weighted by Gasteiger charge is -2.20. The van der Waals surface area contributed by atoms with Crippen LogP contribution >= 0.6 is 0 Å². The molecular weight excluding hydrogens is 254 g/mol. The Morgan fingerprint density at radius 3 is 2.85 bits per heavy atom. The quantitative estimate of drug-likeness (QED) is 0.633. The molecular formula is C16H21NO3. The van der Waals surface area contributed by atoms with Gasteiger partial charge in [-0.1, -0.05) is 17.9 Å². The van der Waals surface area contributed by atoms with Gasteiger partial charge in [0.2, 0.25) is 0 Å². The molecule has 1 aromatic rings. The molecule has 1 rings (SSSR count). The molecule has 1 aromatic carbocycles. The summed E-state index contributed by atoms with van der Waals surface area (Å²) in [5.41, 5.74) is 1.33. The molecule has 0 unspecified atom stereocenters. The molecule has 0 spiro atoms. The molecule has 0 saturated carbocycles. The maximum absolute atomic E-state index is 12.4. The summed E-state index contributed by atoms with van der Waals surface area (Å²) in [6.07, 6.45) is 0. The minimum atomic E-state index is -0.187. The highest BCUT2D eigenvalue weighted by atomic mass is 16.5. The third-order valence-electron chi connectivity index (χ3n) is 2.80. The molecule has 0 aliphatic heterocycles. The molecule has 108 valence electrons. The van der Waals surface area contributed by atoms with Crippen molar-refractivity contribution in [3.63, 3.8) is 0 Å². The number of likely N-dealkylation sites (N-methyl/N-ethyl adjacent to an activating group) is 1. The van der Waals surface area contributed by atoms with E-state index in [1.54, 1.807) is 23.1 Å². The Morgan fingerprint density at radius 2 is 2.20 bits per heavy atom. The van der Waals surface area contributed by atoms with E-state index in [0.29, 0.717) is 31.9 Å². The summed E-state index contributed by atoms with van der Waals surface area (Å²) >= 11 is 0. The van der Waals surface area contributed by atoms with Crippen LogP contribution in [0.3, 0.4) is 0 Å². The zero-order chi connectivity index (χ0) is 14.8. The Kier molecular flexibility index (Phi) is 7.41. The van der Waals surface area contributed by atoms with Crippen LogP contribution in [0.4, 0.5) is 0 Å². The van der Waals surface area contributed by atoms with Gasteiger partial charge >= 0.3 is 0 Å². The fourth-order valence-electron chi connectivity index (χ4n) is 1.78. The maximum atomic E-state index is 12.4. The lowest BCUT2D eigenvalue weighted by Crippen LogP contribution is -2.33. The van der Waals surface area contributed by atoms with Crippen LogP contribution < -0.4 is 0 Å². The van der Waals surface area contributed by atoms with E-state index in [9.17, 15) is 4.79 Å². The van der Waals surface area contributed by atoms with Crippen LogP contribution in [0, 0.1) is 11.8 Å². The summed E-state index contributed by atoms with van der Waals surface area (Å²) in [6, 6.07) is 7.13. The van der Waals surface area contributed by atoms with Gasteiger partial charge in [0.05, 0.1) is 6.61 Å². The van der Waals surface area contributed by atoms with Crippen molar-refractivity contribution in [3.8, 4) is 11.8 Å². The van der Waals surface area contributed by atoms with Crippen molar-refractivity contribution in [2.75, 3.05) is 32.9 Å².